The molecular weight excluding hydrogens is 371 g/mol. The van der Waals surface area contributed by atoms with Crippen LogP contribution in [0.2, 0.25) is 0 Å². The fraction of sp³-hybridized carbons (Fsp3) is 0.222. The van der Waals surface area contributed by atoms with Crippen molar-refractivity contribution in [1.29, 1.82) is 0 Å². The van der Waals surface area contributed by atoms with Crippen LogP contribution in [0.3, 0.4) is 0 Å². The van der Waals surface area contributed by atoms with Crippen molar-refractivity contribution < 1.29 is 4.79 Å². The van der Waals surface area contributed by atoms with Gasteiger partial charge in [-0.3, -0.25) is 4.79 Å². The Bertz CT molecular complexity index is 847. The quantitative estimate of drug-likeness (QED) is 0.358. The summed E-state index contributed by atoms with van der Waals surface area (Å²) in [7, 11) is -1.85. The molecule has 0 atom stereocenters. The van der Waals surface area contributed by atoms with E-state index in [2.05, 4.69) is 117 Å². The zero-order chi connectivity index (χ0) is 20.7. The average Bonchev–Trinajstić information content (AvgIpc) is 2.72. The lowest BCUT2D eigenvalue weighted by atomic mass is 9.87. The lowest BCUT2D eigenvalue weighted by Crippen LogP contribution is -2.33. The molecule has 0 fully saturated rings. The highest BCUT2D eigenvalue weighted by atomic mass is 31.2. The highest BCUT2D eigenvalue weighted by molar-refractivity contribution is 7.95. The molecule has 0 unspecified atom stereocenters. The monoisotopic (exact) mass is 401 g/mol. The second-order valence-electron chi connectivity index (χ2n) is 8.27. The van der Waals surface area contributed by atoms with Crippen molar-refractivity contribution in [3.8, 4) is 0 Å². The van der Waals surface area contributed by atoms with Gasteiger partial charge in [0.1, 0.15) is 29.0 Å². The van der Waals surface area contributed by atoms with Gasteiger partial charge in [-0.1, -0.05) is 74.5 Å². The second kappa shape index (κ2) is 9.33. The highest BCUT2D eigenvalue weighted by Crippen LogP contribution is 2.55. The van der Waals surface area contributed by atoms with Crippen LogP contribution in [-0.4, -0.2) is 11.9 Å². The van der Waals surface area contributed by atoms with Crippen molar-refractivity contribution in [3.05, 3.63) is 103 Å². The molecular formula is C27H30OP+. The van der Waals surface area contributed by atoms with Crippen LogP contribution in [0.15, 0.2) is 103 Å². The van der Waals surface area contributed by atoms with Gasteiger partial charge in [0, 0.05) is 6.42 Å². The van der Waals surface area contributed by atoms with Gasteiger partial charge in [0.25, 0.3) is 0 Å². The smallest absolute Gasteiger partial charge is 0.130 e. The Balaban J connectivity index is 2.14. The summed E-state index contributed by atoms with van der Waals surface area (Å²) in [6, 6.07) is 32.7. The van der Waals surface area contributed by atoms with Crippen LogP contribution in [0.25, 0.3) is 0 Å². The lowest BCUT2D eigenvalue weighted by molar-refractivity contribution is -0.118. The van der Waals surface area contributed by atoms with Gasteiger partial charge >= 0.3 is 0 Å². The molecule has 0 heterocycles. The molecule has 2 heteroatoms. The van der Waals surface area contributed by atoms with E-state index in [1.54, 1.807) is 6.92 Å². The molecule has 3 rings (SSSR count). The van der Waals surface area contributed by atoms with E-state index in [1.165, 1.54) is 15.9 Å². The summed E-state index contributed by atoms with van der Waals surface area (Å²) in [5.41, 5.74) is -0.133. The SMILES string of the molecule is CC(=O)CC(C)(C)/C=C/C[P+](c1ccccc1)(c1ccccc1)c1ccccc1. The minimum absolute atomic E-state index is 0.133. The van der Waals surface area contributed by atoms with Crippen molar-refractivity contribution in [1.82, 2.24) is 0 Å². The standard InChI is InChI=1S/C27H30OP/c1-23(28)22-27(2,3)20-13-21-29(24-14-7-4-8-15-24,25-16-9-5-10-17-25)26-18-11-6-12-19-26/h4-20H,21-22H2,1-3H3/q+1/b20-13+. The molecule has 3 aromatic carbocycles. The molecule has 1 nitrogen and oxygen atoms in total. The van der Waals surface area contributed by atoms with Crippen LogP contribution in [0, 0.1) is 5.41 Å². The first-order chi connectivity index (χ1) is 13.9. The van der Waals surface area contributed by atoms with Gasteiger partial charge in [-0.05, 0) is 54.8 Å². The molecule has 0 saturated heterocycles. The third-order valence-corrected chi connectivity index (χ3v) is 9.54. The highest BCUT2D eigenvalue weighted by Gasteiger charge is 2.44. The molecule has 0 aliphatic rings. The summed E-state index contributed by atoms with van der Waals surface area (Å²) < 4.78 is 0. The minimum atomic E-state index is -1.85. The first-order valence-corrected chi connectivity index (χ1v) is 12.1. The molecule has 148 valence electrons. The molecule has 29 heavy (non-hydrogen) atoms. The largest absolute Gasteiger partial charge is 0.300 e. The fourth-order valence-corrected chi connectivity index (χ4v) is 8.03. The predicted molar refractivity (Wildman–Crippen MR) is 128 cm³/mol. The number of allylic oxidation sites excluding steroid dienone is 2. The van der Waals surface area contributed by atoms with Gasteiger partial charge in [0.05, 0.1) is 6.16 Å². The van der Waals surface area contributed by atoms with Crippen LogP contribution in [0.1, 0.15) is 27.2 Å². The number of rotatable bonds is 8. The zero-order valence-electron chi connectivity index (χ0n) is 17.6. The van der Waals surface area contributed by atoms with Crippen molar-refractivity contribution in [2.24, 2.45) is 5.41 Å². The Labute approximate surface area is 175 Å². The van der Waals surface area contributed by atoms with Crippen molar-refractivity contribution in [2.45, 2.75) is 27.2 Å². The van der Waals surface area contributed by atoms with E-state index in [9.17, 15) is 4.79 Å². The number of Topliss-reactive ketones (excluding diaryl/α,β-unsaturated/α-hetero) is 1. The number of carbonyl (C=O) groups excluding carboxylic acids is 1. The van der Waals surface area contributed by atoms with Crippen molar-refractivity contribution in [3.63, 3.8) is 0 Å². The summed E-state index contributed by atoms with van der Waals surface area (Å²) in [6.07, 6.45) is 6.05. The zero-order valence-corrected chi connectivity index (χ0v) is 18.5. The van der Waals surface area contributed by atoms with E-state index in [4.69, 9.17) is 0 Å². The van der Waals surface area contributed by atoms with Crippen molar-refractivity contribution in [2.75, 3.05) is 6.16 Å². The number of carbonyl (C=O) groups is 1. The fourth-order valence-electron chi connectivity index (χ4n) is 4.04. The molecule has 3 aromatic rings. The molecule has 0 bridgehead atoms. The Morgan fingerprint density at radius 2 is 1.14 bits per heavy atom. The third-order valence-electron chi connectivity index (χ3n) is 5.24. The van der Waals surface area contributed by atoms with E-state index in [0.29, 0.717) is 6.42 Å². The number of ketones is 1. The second-order valence-corrected chi connectivity index (χ2v) is 11.8. The van der Waals surface area contributed by atoms with E-state index in [-0.39, 0.29) is 11.2 Å². The molecule has 0 radical (unpaired) electrons. The number of hydrogen-bond acceptors (Lipinski definition) is 1. The van der Waals surface area contributed by atoms with Gasteiger partial charge in [0.2, 0.25) is 0 Å². The van der Waals surface area contributed by atoms with E-state index < -0.39 is 7.26 Å². The summed E-state index contributed by atoms with van der Waals surface area (Å²) in [5.74, 6) is 0.231. The Hall–Kier alpha value is -2.50. The van der Waals surface area contributed by atoms with Crippen molar-refractivity contribution >= 4 is 29.0 Å². The summed E-state index contributed by atoms with van der Waals surface area (Å²) in [5, 5.41) is 4.14. The van der Waals surface area contributed by atoms with Crippen LogP contribution in [-0.2, 0) is 4.79 Å². The minimum Gasteiger partial charge on any atom is -0.300 e. The maximum absolute atomic E-state index is 11.7. The lowest BCUT2D eigenvalue weighted by Gasteiger charge is -2.27. The van der Waals surface area contributed by atoms with Gasteiger partial charge in [-0.15, -0.1) is 0 Å². The van der Waals surface area contributed by atoms with Crippen LogP contribution in [0.4, 0.5) is 0 Å². The topological polar surface area (TPSA) is 17.1 Å². The maximum Gasteiger partial charge on any atom is 0.130 e. The summed E-state index contributed by atoms with van der Waals surface area (Å²) in [4.78, 5) is 11.7. The molecule has 0 spiro atoms. The first kappa shape index (κ1) is 21.2. The molecule has 0 aromatic heterocycles. The Morgan fingerprint density at radius 3 is 1.48 bits per heavy atom. The summed E-state index contributed by atoms with van der Waals surface area (Å²) >= 11 is 0. The van der Waals surface area contributed by atoms with E-state index in [1.807, 2.05) is 0 Å². The molecule has 0 N–H and O–H groups in total. The van der Waals surface area contributed by atoms with Gasteiger partial charge in [-0.2, -0.15) is 0 Å². The van der Waals surface area contributed by atoms with Gasteiger partial charge < -0.3 is 0 Å². The van der Waals surface area contributed by atoms with Crippen LogP contribution < -0.4 is 15.9 Å². The molecule has 0 saturated carbocycles. The van der Waals surface area contributed by atoms with E-state index >= 15 is 0 Å². The van der Waals surface area contributed by atoms with E-state index in [0.717, 1.165) is 6.16 Å². The molecule has 0 aliphatic carbocycles. The van der Waals surface area contributed by atoms with Gasteiger partial charge in [0.15, 0.2) is 0 Å². The number of benzene rings is 3. The van der Waals surface area contributed by atoms with Crippen LogP contribution >= 0.6 is 7.26 Å². The van der Waals surface area contributed by atoms with Gasteiger partial charge in [-0.25, -0.2) is 0 Å². The summed E-state index contributed by atoms with van der Waals surface area (Å²) in [6.45, 7) is 5.95. The van der Waals surface area contributed by atoms with Crippen LogP contribution in [0.5, 0.6) is 0 Å². The molecule has 0 amide bonds. The Morgan fingerprint density at radius 1 is 0.759 bits per heavy atom. The predicted octanol–water partition coefficient (Wildman–Crippen LogP) is 5.54. The third kappa shape index (κ3) is 5.11. The maximum atomic E-state index is 11.7. The Kier molecular flexibility index (Phi) is 6.83. The number of hydrogen-bond donors (Lipinski definition) is 0. The normalized spacial score (nSPS) is 12.2. The molecule has 0 aliphatic heterocycles. The first-order valence-electron chi connectivity index (χ1n) is 10.2. The average molecular weight is 402 g/mol.